The molecule has 2 rings (SSSR count). The molecule has 0 saturated carbocycles. The van der Waals surface area contributed by atoms with Crippen molar-refractivity contribution in [2.45, 2.75) is 37.5 Å². The summed E-state index contributed by atoms with van der Waals surface area (Å²) in [7, 11) is -1.66. The predicted octanol–water partition coefficient (Wildman–Crippen LogP) is 4.01. The van der Waals surface area contributed by atoms with E-state index >= 15 is 0 Å². The van der Waals surface area contributed by atoms with Gasteiger partial charge in [-0.05, 0) is 47.2 Å². The van der Waals surface area contributed by atoms with Crippen LogP contribution in [0, 0.1) is 0 Å². The molecule has 0 radical (unpaired) electrons. The lowest BCUT2D eigenvalue weighted by Gasteiger charge is -2.19. The molecule has 4 heteroatoms. The van der Waals surface area contributed by atoms with Gasteiger partial charge < -0.3 is 4.74 Å². The average Bonchev–Trinajstić information content (AvgIpc) is 2.53. The fourth-order valence-electron chi connectivity index (χ4n) is 2.32. The Morgan fingerprint density at radius 3 is 1.96 bits per heavy atom. The molecule has 23 heavy (non-hydrogen) atoms. The second-order valence-corrected chi connectivity index (χ2v) is 8.80. The van der Waals surface area contributed by atoms with E-state index in [4.69, 9.17) is 4.74 Å². The summed E-state index contributed by atoms with van der Waals surface area (Å²) in [5.41, 5.74) is 2.14. The molecule has 124 valence electrons. The Labute approximate surface area is 139 Å². The molecule has 0 aliphatic carbocycles. The van der Waals surface area contributed by atoms with E-state index < -0.39 is 9.84 Å². The van der Waals surface area contributed by atoms with Crippen LogP contribution in [0.25, 0.3) is 0 Å². The highest BCUT2D eigenvalue weighted by Crippen LogP contribution is 2.24. The first-order chi connectivity index (χ1) is 10.7. The molecule has 0 spiro atoms. The molecule has 0 fully saturated rings. The Hall–Kier alpha value is -1.81. The number of hydrogen-bond acceptors (Lipinski definition) is 3. The van der Waals surface area contributed by atoms with Crippen LogP contribution >= 0.6 is 0 Å². The van der Waals surface area contributed by atoms with Gasteiger partial charge in [0.1, 0.15) is 5.75 Å². The van der Waals surface area contributed by atoms with E-state index in [1.165, 1.54) is 0 Å². The minimum absolute atomic E-state index is 0.0192. The second kappa shape index (κ2) is 6.75. The SMILES string of the molecule is COc1ccc(CCS(=O)(=O)c2ccc(C(C)(C)C)cc2)cc1. The molecule has 0 aliphatic heterocycles. The van der Waals surface area contributed by atoms with E-state index in [2.05, 4.69) is 20.8 Å². The van der Waals surface area contributed by atoms with Crippen LogP contribution in [-0.2, 0) is 21.7 Å². The molecule has 0 amide bonds. The third-order valence-electron chi connectivity index (χ3n) is 3.90. The summed E-state index contributed by atoms with van der Waals surface area (Å²) in [6.45, 7) is 6.33. The molecule has 0 atom stereocenters. The van der Waals surface area contributed by atoms with Gasteiger partial charge in [-0.2, -0.15) is 0 Å². The van der Waals surface area contributed by atoms with Gasteiger partial charge in [-0.15, -0.1) is 0 Å². The summed E-state index contributed by atoms with van der Waals surface area (Å²) >= 11 is 0. The zero-order chi connectivity index (χ0) is 17.1. The van der Waals surface area contributed by atoms with Gasteiger partial charge in [-0.25, -0.2) is 8.42 Å². The van der Waals surface area contributed by atoms with Gasteiger partial charge in [-0.1, -0.05) is 45.0 Å². The lowest BCUT2D eigenvalue weighted by atomic mass is 9.87. The van der Waals surface area contributed by atoms with Crippen molar-refractivity contribution in [3.8, 4) is 5.75 Å². The number of hydrogen-bond donors (Lipinski definition) is 0. The highest BCUT2D eigenvalue weighted by Gasteiger charge is 2.17. The van der Waals surface area contributed by atoms with Crippen LogP contribution in [0.4, 0.5) is 0 Å². The molecule has 0 aliphatic rings. The van der Waals surface area contributed by atoms with Crippen LogP contribution in [0.15, 0.2) is 53.4 Å². The smallest absolute Gasteiger partial charge is 0.178 e. The lowest BCUT2D eigenvalue weighted by Crippen LogP contribution is -2.13. The molecule has 0 N–H and O–H groups in total. The van der Waals surface area contributed by atoms with Crippen LogP contribution in [0.1, 0.15) is 31.9 Å². The van der Waals surface area contributed by atoms with E-state index in [0.29, 0.717) is 11.3 Å². The van der Waals surface area contributed by atoms with Crippen molar-refractivity contribution in [1.29, 1.82) is 0 Å². The van der Waals surface area contributed by atoms with Gasteiger partial charge in [0.15, 0.2) is 9.84 Å². The van der Waals surface area contributed by atoms with Crippen molar-refractivity contribution in [3.05, 3.63) is 59.7 Å². The monoisotopic (exact) mass is 332 g/mol. The molecule has 0 heterocycles. The van der Waals surface area contributed by atoms with Crippen molar-refractivity contribution >= 4 is 9.84 Å². The van der Waals surface area contributed by atoms with Crippen molar-refractivity contribution in [1.82, 2.24) is 0 Å². The maximum Gasteiger partial charge on any atom is 0.178 e. The number of methoxy groups -OCH3 is 1. The minimum atomic E-state index is -3.27. The van der Waals surface area contributed by atoms with Crippen molar-refractivity contribution in [2.24, 2.45) is 0 Å². The first-order valence-corrected chi connectivity index (χ1v) is 9.34. The average molecular weight is 332 g/mol. The molecule has 2 aromatic rings. The van der Waals surface area contributed by atoms with Crippen molar-refractivity contribution < 1.29 is 13.2 Å². The van der Waals surface area contributed by atoms with Crippen LogP contribution in [0.2, 0.25) is 0 Å². The Kier molecular flexibility index (Phi) is 5.15. The zero-order valence-electron chi connectivity index (χ0n) is 14.2. The Morgan fingerprint density at radius 2 is 1.48 bits per heavy atom. The van der Waals surface area contributed by atoms with Gasteiger partial charge in [0, 0.05) is 0 Å². The van der Waals surface area contributed by atoms with E-state index in [9.17, 15) is 8.42 Å². The quantitative estimate of drug-likeness (QED) is 0.831. The van der Waals surface area contributed by atoms with Crippen molar-refractivity contribution in [2.75, 3.05) is 12.9 Å². The van der Waals surface area contributed by atoms with E-state index in [1.54, 1.807) is 19.2 Å². The highest BCUT2D eigenvalue weighted by molar-refractivity contribution is 7.91. The maximum atomic E-state index is 12.5. The molecular formula is C19H24O3S. The minimum Gasteiger partial charge on any atom is -0.497 e. The summed E-state index contributed by atoms with van der Waals surface area (Å²) in [5, 5.41) is 0. The number of rotatable bonds is 5. The summed E-state index contributed by atoms with van der Waals surface area (Å²) in [5.74, 6) is 0.878. The standard InChI is InChI=1S/C19H24O3S/c1-19(2,3)16-7-11-18(12-8-16)23(20,21)14-13-15-5-9-17(22-4)10-6-15/h5-12H,13-14H2,1-4H3. The number of aryl methyl sites for hydroxylation is 1. The van der Waals surface area contributed by atoms with Crippen LogP contribution in [0.5, 0.6) is 5.75 Å². The second-order valence-electron chi connectivity index (χ2n) is 6.69. The fourth-order valence-corrected chi connectivity index (χ4v) is 3.62. The zero-order valence-corrected chi connectivity index (χ0v) is 15.0. The number of sulfone groups is 1. The van der Waals surface area contributed by atoms with Crippen molar-refractivity contribution in [3.63, 3.8) is 0 Å². The third kappa shape index (κ3) is 4.58. The summed E-state index contributed by atoms with van der Waals surface area (Å²) < 4.78 is 30.0. The largest absolute Gasteiger partial charge is 0.497 e. The predicted molar refractivity (Wildman–Crippen MR) is 93.9 cm³/mol. The first-order valence-electron chi connectivity index (χ1n) is 7.68. The highest BCUT2D eigenvalue weighted by atomic mass is 32.2. The van der Waals surface area contributed by atoms with Crippen LogP contribution in [-0.4, -0.2) is 21.3 Å². The Balaban J connectivity index is 2.09. The molecular weight excluding hydrogens is 308 g/mol. The maximum absolute atomic E-state index is 12.5. The normalized spacial score (nSPS) is 12.2. The molecule has 2 aromatic carbocycles. The summed E-state index contributed by atoms with van der Waals surface area (Å²) in [4.78, 5) is 0.388. The van der Waals surface area contributed by atoms with E-state index in [0.717, 1.165) is 16.9 Å². The molecule has 3 nitrogen and oxygen atoms in total. The Morgan fingerprint density at radius 1 is 0.913 bits per heavy atom. The van der Waals surface area contributed by atoms with E-state index in [-0.39, 0.29) is 11.2 Å². The topological polar surface area (TPSA) is 43.4 Å². The number of benzene rings is 2. The van der Waals surface area contributed by atoms with Gasteiger partial charge in [0.2, 0.25) is 0 Å². The summed E-state index contributed by atoms with van der Waals surface area (Å²) in [6.07, 6.45) is 0.493. The molecule has 0 bridgehead atoms. The third-order valence-corrected chi connectivity index (χ3v) is 5.63. The summed E-state index contributed by atoms with van der Waals surface area (Å²) in [6, 6.07) is 14.7. The molecule has 0 saturated heterocycles. The van der Waals surface area contributed by atoms with Gasteiger partial charge in [-0.3, -0.25) is 0 Å². The van der Waals surface area contributed by atoms with Gasteiger partial charge >= 0.3 is 0 Å². The van der Waals surface area contributed by atoms with E-state index in [1.807, 2.05) is 36.4 Å². The first kappa shape index (κ1) is 17.5. The molecule has 0 unspecified atom stereocenters. The lowest BCUT2D eigenvalue weighted by molar-refractivity contribution is 0.414. The Bertz CT molecular complexity index is 737. The van der Waals surface area contributed by atoms with Crippen LogP contribution < -0.4 is 4.74 Å². The fraction of sp³-hybridized carbons (Fsp3) is 0.368. The van der Waals surface area contributed by atoms with Crippen LogP contribution in [0.3, 0.4) is 0 Å². The van der Waals surface area contributed by atoms with Gasteiger partial charge in [0.25, 0.3) is 0 Å². The number of ether oxygens (including phenoxy) is 1. The molecule has 0 aromatic heterocycles. The van der Waals surface area contributed by atoms with Gasteiger partial charge in [0.05, 0.1) is 17.8 Å².